The second-order valence-corrected chi connectivity index (χ2v) is 3.23. The lowest BCUT2D eigenvalue weighted by Gasteiger charge is -1.93. The molecule has 0 unspecified atom stereocenters. The van der Waals surface area contributed by atoms with Gasteiger partial charge in [0.2, 0.25) is 0 Å². The predicted octanol–water partition coefficient (Wildman–Crippen LogP) is 1.95. The van der Waals surface area contributed by atoms with Crippen molar-refractivity contribution in [3.8, 4) is 0 Å². The highest BCUT2D eigenvalue weighted by molar-refractivity contribution is 9.10. The van der Waals surface area contributed by atoms with E-state index in [4.69, 9.17) is 5.73 Å². The third-order valence-electron chi connectivity index (χ3n) is 1.34. The van der Waals surface area contributed by atoms with Gasteiger partial charge in [-0.3, -0.25) is 4.79 Å². The van der Waals surface area contributed by atoms with Gasteiger partial charge < -0.3 is 5.73 Å². The maximum Gasteiger partial charge on any atom is 0.165 e. The van der Waals surface area contributed by atoms with Crippen molar-refractivity contribution in [1.82, 2.24) is 0 Å². The maximum absolute atomic E-state index is 10.2. The van der Waals surface area contributed by atoms with E-state index in [2.05, 4.69) is 15.9 Å². The van der Waals surface area contributed by atoms with Crippen molar-refractivity contribution >= 4 is 28.3 Å². The lowest BCUT2D eigenvalue weighted by atomic mass is 10.2. The Hall–Kier alpha value is -1.09. The molecule has 0 atom stereocenters. The number of nitrogens with two attached hydrogens (primary N) is 1. The average molecular weight is 226 g/mol. The van der Waals surface area contributed by atoms with Gasteiger partial charge in [-0.05, 0) is 23.8 Å². The summed E-state index contributed by atoms with van der Waals surface area (Å²) in [5, 5.41) is 0. The standard InChI is InChI=1S/C9H8BrNO/c10-8-3-1-7(2-4-8)5-9(11)6-12/h1-6H,11H2/b9-5-. The number of hydrogen-bond donors (Lipinski definition) is 1. The fraction of sp³-hybridized carbons (Fsp3) is 0. The van der Waals surface area contributed by atoms with E-state index in [1.54, 1.807) is 6.08 Å². The summed E-state index contributed by atoms with van der Waals surface area (Å²) in [5.74, 6) is 0. The van der Waals surface area contributed by atoms with Crippen molar-refractivity contribution in [1.29, 1.82) is 0 Å². The van der Waals surface area contributed by atoms with Gasteiger partial charge in [-0.25, -0.2) is 0 Å². The molecule has 1 aromatic rings. The molecule has 0 radical (unpaired) electrons. The first-order valence-corrected chi connectivity index (χ1v) is 4.19. The van der Waals surface area contributed by atoms with E-state index in [9.17, 15) is 4.79 Å². The quantitative estimate of drug-likeness (QED) is 0.618. The van der Waals surface area contributed by atoms with Crippen LogP contribution in [0.25, 0.3) is 6.08 Å². The molecule has 0 amide bonds. The molecule has 0 aliphatic carbocycles. The van der Waals surface area contributed by atoms with Crippen LogP contribution in [0.2, 0.25) is 0 Å². The lowest BCUT2D eigenvalue weighted by molar-refractivity contribution is -0.104. The lowest BCUT2D eigenvalue weighted by Crippen LogP contribution is -1.96. The summed E-state index contributed by atoms with van der Waals surface area (Å²) in [6.07, 6.45) is 2.25. The molecule has 0 heterocycles. The number of aldehydes is 1. The smallest absolute Gasteiger partial charge is 0.165 e. The van der Waals surface area contributed by atoms with Crippen LogP contribution in [0.3, 0.4) is 0 Å². The van der Waals surface area contributed by atoms with Gasteiger partial charge in [0, 0.05) is 4.47 Å². The highest BCUT2D eigenvalue weighted by atomic mass is 79.9. The Labute approximate surface area is 79.2 Å². The zero-order valence-electron chi connectivity index (χ0n) is 6.33. The Morgan fingerprint density at radius 3 is 2.42 bits per heavy atom. The molecule has 0 saturated carbocycles. The maximum atomic E-state index is 10.2. The van der Waals surface area contributed by atoms with Gasteiger partial charge in [0.25, 0.3) is 0 Å². The summed E-state index contributed by atoms with van der Waals surface area (Å²) in [7, 11) is 0. The minimum absolute atomic E-state index is 0.234. The molecular weight excluding hydrogens is 218 g/mol. The van der Waals surface area contributed by atoms with Gasteiger partial charge in [0.1, 0.15) is 0 Å². The minimum atomic E-state index is 0.234. The Balaban J connectivity index is 2.91. The molecule has 3 heteroatoms. The molecule has 0 aliphatic rings. The molecule has 0 aromatic heterocycles. The molecule has 12 heavy (non-hydrogen) atoms. The van der Waals surface area contributed by atoms with E-state index in [1.807, 2.05) is 24.3 Å². The SMILES string of the molecule is N/C(C=O)=C\c1ccc(Br)cc1. The highest BCUT2D eigenvalue weighted by Gasteiger charge is 1.89. The summed E-state index contributed by atoms with van der Waals surface area (Å²) in [5.41, 5.74) is 6.48. The van der Waals surface area contributed by atoms with Crippen molar-refractivity contribution in [2.75, 3.05) is 0 Å². The van der Waals surface area contributed by atoms with Gasteiger partial charge in [-0.2, -0.15) is 0 Å². The summed E-state index contributed by atoms with van der Waals surface area (Å²) >= 11 is 3.31. The molecule has 2 nitrogen and oxygen atoms in total. The average Bonchev–Trinajstić information content (AvgIpc) is 2.09. The van der Waals surface area contributed by atoms with Crippen LogP contribution in [-0.2, 0) is 4.79 Å². The van der Waals surface area contributed by atoms with Crippen LogP contribution in [0.15, 0.2) is 34.4 Å². The van der Waals surface area contributed by atoms with Gasteiger partial charge >= 0.3 is 0 Å². The highest BCUT2D eigenvalue weighted by Crippen LogP contribution is 2.11. The van der Waals surface area contributed by atoms with Crippen LogP contribution in [0, 0.1) is 0 Å². The van der Waals surface area contributed by atoms with Gasteiger partial charge in [0.05, 0.1) is 5.70 Å². The topological polar surface area (TPSA) is 43.1 Å². The molecule has 0 spiro atoms. The van der Waals surface area contributed by atoms with Crippen molar-refractivity contribution in [2.24, 2.45) is 5.73 Å². The van der Waals surface area contributed by atoms with Crippen LogP contribution in [-0.4, -0.2) is 6.29 Å². The first-order valence-electron chi connectivity index (χ1n) is 3.40. The summed E-state index contributed by atoms with van der Waals surface area (Å²) in [6.45, 7) is 0. The molecule has 1 rings (SSSR count). The van der Waals surface area contributed by atoms with Gasteiger partial charge in [-0.1, -0.05) is 28.1 Å². The zero-order chi connectivity index (χ0) is 8.97. The van der Waals surface area contributed by atoms with E-state index in [0.29, 0.717) is 6.29 Å². The summed E-state index contributed by atoms with van der Waals surface area (Å²) in [4.78, 5) is 10.2. The first kappa shape index (κ1) is 9.00. The number of carbonyl (C=O) groups is 1. The molecule has 2 N–H and O–H groups in total. The number of hydrogen-bond acceptors (Lipinski definition) is 2. The van der Waals surface area contributed by atoms with Crippen LogP contribution < -0.4 is 5.73 Å². The number of benzene rings is 1. The molecule has 62 valence electrons. The third kappa shape index (κ3) is 2.51. The monoisotopic (exact) mass is 225 g/mol. The van der Waals surface area contributed by atoms with Crippen molar-refractivity contribution in [3.05, 3.63) is 40.0 Å². The fourth-order valence-corrected chi connectivity index (χ4v) is 1.05. The summed E-state index contributed by atoms with van der Waals surface area (Å²) in [6, 6.07) is 7.54. The van der Waals surface area contributed by atoms with Crippen LogP contribution in [0.1, 0.15) is 5.56 Å². The Bertz CT molecular complexity index is 303. The van der Waals surface area contributed by atoms with E-state index < -0.39 is 0 Å². The van der Waals surface area contributed by atoms with Crippen molar-refractivity contribution in [2.45, 2.75) is 0 Å². The number of carbonyl (C=O) groups excluding carboxylic acids is 1. The molecule has 0 saturated heterocycles. The number of rotatable bonds is 2. The van der Waals surface area contributed by atoms with Crippen LogP contribution >= 0.6 is 15.9 Å². The van der Waals surface area contributed by atoms with Gasteiger partial charge in [0.15, 0.2) is 6.29 Å². The molecule has 0 bridgehead atoms. The van der Waals surface area contributed by atoms with Gasteiger partial charge in [-0.15, -0.1) is 0 Å². The Kier molecular flexibility index (Phi) is 3.05. The van der Waals surface area contributed by atoms with E-state index in [-0.39, 0.29) is 5.70 Å². The fourth-order valence-electron chi connectivity index (χ4n) is 0.785. The molecule has 0 aliphatic heterocycles. The van der Waals surface area contributed by atoms with Crippen LogP contribution in [0.4, 0.5) is 0 Å². The number of halogens is 1. The van der Waals surface area contributed by atoms with Crippen molar-refractivity contribution < 1.29 is 4.79 Å². The van der Waals surface area contributed by atoms with E-state index in [1.165, 1.54) is 0 Å². The van der Waals surface area contributed by atoms with Crippen LogP contribution in [0.5, 0.6) is 0 Å². The summed E-state index contributed by atoms with van der Waals surface area (Å²) < 4.78 is 1.00. The molecular formula is C9H8BrNO. The Morgan fingerprint density at radius 1 is 1.33 bits per heavy atom. The Morgan fingerprint density at radius 2 is 1.92 bits per heavy atom. The number of allylic oxidation sites excluding steroid dienone is 1. The second-order valence-electron chi connectivity index (χ2n) is 2.31. The molecule has 0 fully saturated rings. The van der Waals surface area contributed by atoms with E-state index >= 15 is 0 Å². The normalized spacial score (nSPS) is 11.2. The third-order valence-corrected chi connectivity index (χ3v) is 1.87. The molecule has 1 aromatic carbocycles. The minimum Gasteiger partial charge on any atom is -0.396 e. The van der Waals surface area contributed by atoms with Crippen molar-refractivity contribution in [3.63, 3.8) is 0 Å². The zero-order valence-corrected chi connectivity index (χ0v) is 7.91. The predicted molar refractivity (Wildman–Crippen MR) is 52.4 cm³/mol. The first-order chi connectivity index (χ1) is 5.72. The largest absolute Gasteiger partial charge is 0.396 e. The second kappa shape index (κ2) is 4.07. The van der Waals surface area contributed by atoms with E-state index in [0.717, 1.165) is 10.0 Å².